The third-order valence-electron chi connectivity index (χ3n) is 4.52. The molecule has 148 valence electrons. The lowest BCUT2D eigenvalue weighted by Crippen LogP contribution is -2.41. The number of para-hydroxylation sites is 1. The Morgan fingerprint density at radius 2 is 1.89 bits per heavy atom. The van der Waals surface area contributed by atoms with Crippen LogP contribution in [0.1, 0.15) is 18.5 Å². The predicted octanol–water partition coefficient (Wildman–Crippen LogP) is 2.74. The number of ether oxygens (including phenoxy) is 1. The van der Waals surface area contributed by atoms with E-state index in [1.165, 1.54) is 18.4 Å². The molecule has 1 fully saturated rings. The van der Waals surface area contributed by atoms with Crippen molar-refractivity contribution in [1.29, 1.82) is 0 Å². The molecule has 1 saturated heterocycles. The summed E-state index contributed by atoms with van der Waals surface area (Å²) >= 11 is 1.27. The van der Waals surface area contributed by atoms with E-state index in [9.17, 15) is 14.4 Å². The second-order valence-corrected chi connectivity index (χ2v) is 7.30. The first-order valence-electron chi connectivity index (χ1n) is 8.98. The summed E-state index contributed by atoms with van der Waals surface area (Å²) in [6.45, 7) is 1.07. The molecule has 2 N–H and O–H groups in total. The Morgan fingerprint density at radius 3 is 2.57 bits per heavy atom. The highest BCUT2D eigenvalue weighted by Crippen LogP contribution is 2.21. The second-order valence-electron chi connectivity index (χ2n) is 6.44. The zero-order valence-corrected chi connectivity index (χ0v) is 16.3. The Hall–Kier alpha value is -2.94. The van der Waals surface area contributed by atoms with Crippen LogP contribution in [-0.2, 0) is 20.7 Å². The zero-order chi connectivity index (χ0) is 19.9. The van der Waals surface area contributed by atoms with Crippen LogP contribution in [0.2, 0.25) is 0 Å². The second kappa shape index (κ2) is 9.32. The molecular formula is C19H22N4O4S. The predicted molar refractivity (Wildman–Crippen MR) is 106 cm³/mol. The number of rotatable bonds is 5. The van der Waals surface area contributed by atoms with E-state index in [0.29, 0.717) is 42.4 Å². The number of thiazole rings is 1. The van der Waals surface area contributed by atoms with Crippen LogP contribution < -0.4 is 10.6 Å². The minimum atomic E-state index is -0.386. The van der Waals surface area contributed by atoms with Gasteiger partial charge in [-0.1, -0.05) is 18.2 Å². The summed E-state index contributed by atoms with van der Waals surface area (Å²) in [4.78, 5) is 42.1. The average Bonchev–Trinajstić information content (AvgIpc) is 3.14. The number of carbonyl (C=O) groups is 3. The Balaban J connectivity index is 1.47. The SMILES string of the molecule is COC(=O)C1CCN(C(=O)Cc2csc(NC(=O)Nc3ccccc3)n2)CC1. The maximum atomic E-state index is 12.5. The molecule has 0 radical (unpaired) electrons. The Morgan fingerprint density at radius 1 is 1.18 bits per heavy atom. The summed E-state index contributed by atoms with van der Waals surface area (Å²) in [5, 5.41) is 7.58. The van der Waals surface area contributed by atoms with Crippen LogP contribution >= 0.6 is 11.3 Å². The molecule has 0 saturated carbocycles. The molecule has 1 aliphatic heterocycles. The summed E-state index contributed by atoms with van der Waals surface area (Å²) in [7, 11) is 1.38. The monoisotopic (exact) mass is 402 g/mol. The van der Waals surface area contributed by atoms with Crippen molar-refractivity contribution in [2.45, 2.75) is 19.3 Å². The molecule has 0 bridgehead atoms. The van der Waals surface area contributed by atoms with Crippen LogP contribution in [0.15, 0.2) is 35.7 Å². The molecule has 2 heterocycles. The lowest BCUT2D eigenvalue weighted by atomic mass is 9.97. The summed E-state index contributed by atoms with van der Waals surface area (Å²) in [6, 6.07) is 8.71. The van der Waals surface area contributed by atoms with Gasteiger partial charge in [0.15, 0.2) is 5.13 Å². The molecule has 1 aromatic heterocycles. The number of nitrogens with one attached hydrogen (secondary N) is 2. The van der Waals surface area contributed by atoms with Crippen molar-refractivity contribution in [3.63, 3.8) is 0 Å². The van der Waals surface area contributed by atoms with E-state index in [2.05, 4.69) is 15.6 Å². The largest absolute Gasteiger partial charge is 0.469 e. The summed E-state index contributed by atoms with van der Waals surface area (Å²) in [5.41, 5.74) is 1.29. The molecule has 28 heavy (non-hydrogen) atoms. The number of esters is 1. The molecule has 1 aliphatic rings. The third kappa shape index (κ3) is 5.29. The number of anilines is 2. The van der Waals surface area contributed by atoms with Gasteiger partial charge in [0.25, 0.3) is 0 Å². The maximum absolute atomic E-state index is 12.5. The van der Waals surface area contributed by atoms with Crippen LogP contribution in [0.25, 0.3) is 0 Å². The van der Waals surface area contributed by atoms with E-state index in [0.717, 1.165) is 0 Å². The fourth-order valence-corrected chi connectivity index (χ4v) is 3.73. The van der Waals surface area contributed by atoms with Gasteiger partial charge >= 0.3 is 12.0 Å². The minimum Gasteiger partial charge on any atom is -0.469 e. The number of carbonyl (C=O) groups excluding carboxylic acids is 3. The molecule has 9 heteroatoms. The van der Waals surface area contributed by atoms with E-state index in [1.807, 2.05) is 18.2 Å². The van der Waals surface area contributed by atoms with Gasteiger partial charge in [-0.25, -0.2) is 9.78 Å². The molecule has 0 unspecified atom stereocenters. The smallest absolute Gasteiger partial charge is 0.325 e. The molecule has 2 aromatic rings. The number of methoxy groups -OCH3 is 1. The standard InChI is InChI=1S/C19H22N4O4S/c1-27-17(25)13-7-9-23(10-8-13)16(24)11-15-12-28-19(21-15)22-18(26)20-14-5-3-2-4-6-14/h2-6,12-13H,7-11H2,1H3,(H2,20,21,22,26). The zero-order valence-electron chi connectivity index (χ0n) is 15.5. The number of hydrogen-bond donors (Lipinski definition) is 2. The number of urea groups is 1. The van der Waals surface area contributed by atoms with Gasteiger partial charge in [0.2, 0.25) is 5.91 Å². The van der Waals surface area contributed by atoms with E-state index in [4.69, 9.17) is 4.74 Å². The fourth-order valence-electron chi connectivity index (χ4n) is 3.02. The lowest BCUT2D eigenvalue weighted by Gasteiger charge is -2.30. The van der Waals surface area contributed by atoms with Crippen molar-refractivity contribution in [2.24, 2.45) is 5.92 Å². The summed E-state index contributed by atoms with van der Waals surface area (Å²) in [6.07, 6.45) is 1.39. The summed E-state index contributed by atoms with van der Waals surface area (Å²) in [5.74, 6) is -0.378. The van der Waals surface area contributed by atoms with Crippen LogP contribution in [0, 0.1) is 5.92 Å². The van der Waals surface area contributed by atoms with Gasteiger partial charge in [0.1, 0.15) is 0 Å². The topological polar surface area (TPSA) is 101 Å². The van der Waals surface area contributed by atoms with Crippen molar-refractivity contribution < 1.29 is 19.1 Å². The molecule has 8 nitrogen and oxygen atoms in total. The van der Waals surface area contributed by atoms with Crippen molar-refractivity contribution in [3.05, 3.63) is 41.4 Å². The van der Waals surface area contributed by atoms with Gasteiger partial charge in [0.05, 0.1) is 25.1 Å². The van der Waals surface area contributed by atoms with E-state index >= 15 is 0 Å². The first kappa shape index (κ1) is 19.8. The van der Waals surface area contributed by atoms with Gasteiger partial charge in [-0.3, -0.25) is 14.9 Å². The molecule has 1 aromatic carbocycles. The Kier molecular flexibility index (Phi) is 6.59. The molecule has 0 atom stereocenters. The fraction of sp³-hybridized carbons (Fsp3) is 0.368. The number of piperidine rings is 1. The van der Waals surface area contributed by atoms with Crippen LogP contribution in [0.4, 0.5) is 15.6 Å². The van der Waals surface area contributed by atoms with E-state index < -0.39 is 0 Å². The number of hydrogen-bond acceptors (Lipinski definition) is 6. The number of nitrogens with zero attached hydrogens (tertiary/aromatic N) is 2. The number of likely N-dealkylation sites (tertiary alicyclic amines) is 1. The number of benzene rings is 1. The van der Waals surface area contributed by atoms with Crippen molar-refractivity contribution in [3.8, 4) is 0 Å². The van der Waals surface area contributed by atoms with Crippen molar-refractivity contribution in [2.75, 3.05) is 30.8 Å². The Bertz CT molecular complexity index is 831. The average molecular weight is 402 g/mol. The van der Waals surface area contributed by atoms with Crippen LogP contribution in [-0.4, -0.2) is 48.0 Å². The highest BCUT2D eigenvalue weighted by Gasteiger charge is 2.28. The van der Waals surface area contributed by atoms with Crippen molar-refractivity contribution >= 4 is 40.1 Å². The lowest BCUT2D eigenvalue weighted by molar-refractivity contribution is -0.148. The quantitative estimate of drug-likeness (QED) is 0.749. The van der Waals surface area contributed by atoms with Gasteiger partial charge in [0, 0.05) is 24.2 Å². The van der Waals surface area contributed by atoms with E-state index in [1.54, 1.807) is 22.4 Å². The van der Waals surface area contributed by atoms with Crippen molar-refractivity contribution in [1.82, 2.24) is 9.88 Å². The van der Waals surface area contributed by atoms with Gasteiger partial charge in [-0.2, -0.15) is 0 Å². The van der Waals surface area contributed by atoms with Gasteiger partial charge in [-0.05, 0) is 25.0 Å². The van der Waals surface area contributed by atoms with Crippen LogP contribution in [0.5, 0.6) is 0 Å². The third-order valence-corrected chi connectivity index (χ3v) is 5.32. The highest BCUT2D eigenvalue weighted by atomic mass is 32.1. The van der Waals surface area contributed by atoms with Crippen LogP contribution in [0.3, 0.4) is 0 Å². The first-order chi connectivity index (χ1) is 13.5. The first-order valence-corrected chi connectivity index (χ1v) is 9.86. The van der Waals surface area contributed by atoms with Gasteiger partial charge < -0.3 is 15.0 Å². The number of amides is 3. The summed E-state index contributed by atoms with van der Waals surface area (Å²) < 4.78 is 4.76. The maximum Gasteiger partial charge on any atom is 0.325 e. The minimum absolute atomic E-state index is 0.0334. The molecule has 3 amide bonds. The highest BCUT2D eigenvalue weighted by molar-refractivity contribution is 7.14. The number of aromatic nitrogens is 1. The Labute approximate surface area is 166 Å². The van der Waals surface area contributed by atoms with Gasteiger partial charge in [-0.15, -0.1) is 11.3 Å². The van der Waals surface area contributed by atoms with E-state index in [-0.39, 0.29) is 30.2 Å². The molecular weight excluding hydrogens is 380 g/mol. The molecule has 0 spiro atoms. The molecule has 0 aliphatic carbocycles. The molecule has 3 rings (SSSR count). The normalized spacial score (nSPS) is 14.4.